The van der Waals surface area contributed by atoms with Crippen LogP contribution in [0.25, 0.3) is 10.3 Å². The van der Waals surface area contributed by atoms with Crippen LogP contribution in [-0.2, 0) is 0 Å². The Hall–Kier alpha value is -1.54. The van der Waals surface area contributed by atoms with E-state index in [2.05, 4.69) is 15.2 Å². The molecule has 0 aliphatic rings. The van der Waals surface area contributed by atoms with Crippen LogP contribution < -0.4 is 0 Å². The van der Waals surface area contributed by atoms with Crippen molar-refractivity contribution in [3.05, 3.63) is 17.3 Å². The summed E-state index contributed by atoms with van der Waals surface area (Å²) >= 11 is 1.38. The minimum atomic E-state index is 0.569. The Balaban J connectivity index is 2.89. The number of nitriles is 1. The van der Waals surface area contributed by atoms with E-state index in [9.17, 15) is 0 Å². The van der Waals surface area contributed by atoms with Gasteiger partial charge in [-0.25, -0.2) is 4.98 Å². The van der Waals surface area contributed by atoms with Crippen molar-refractivity contribution in [2.24, 2.45) is 0 Å². The fourth-order valence-electron chi connectivity index (χ4n) is 0.778. The van der Waals surface area contributed by atoms with Crippen LogP contribution in [-0.4, -0.2) is 15.2 Å². The van der Waals surface area contributed by atoms with Gasteiger partial charge < -0.3 is 0 Å². The van der Waals surface area contributed by atoms with E-state index in [0.29, 0.717) is 15.9 Å². The van der Waals surface area contributed by atoms with Crippen LogP contribution >= 0.6 is 11.3 Å². The molecule has 0 saturated carbocycles. The molecule has 0 unspecified atom stereocenters. The number of hydrogen-bond donors (Lipinski definition) is 0. The van der Waals surface area contributed by atoms with Crippen molar-refractivity contribution in [2.45, 2.75) is 0 Å². The molecule has 0 aromatic carbocycles. The molecule has 0 aliphatic heterocycles. The molecule has 2 rings (SSSR count). The molecule has 0 bridgehead atoms. The molecule has 0 spiro atoms. The van der Waals surface area contributed by atoms with Gasteiger partial charge in [0.15, 0.2) is 4.83 Å². The van der Waals surface area contributed by atoms with Gasteiger partial charge in [-0.2, -0.15) is 5.26 Å². The minimum Gasteiger partial charge on any atom is -0.230 e. The van der Waals surface area contributed by atoms with Gasteiger partial charge in [-0.15, -0.1) is 21.5 Å². The van der Waals surface area contributed by atoms with Gasteiger partial charge in [0.2, 0.25) is 0 Å². The molecule has 2 aromatic heterocycles. The summed E-state index contributed by atoms with van der Waals surface area (Å²) in [6.07, 6.45) is 1.34. The lowest BCUT2D eigenvalue weighted by molar-refractivity contribution is 1.03. The number of fused-ring (bicyclic) bond motifs is 1. The van der Waals surface area contributed by atoms with Crippen LogP contribution in [0, 0.1) is 11.3 Å². The van der Waals surface area contributed by atoms with Crippen molar-refractivity contribution in [1.82, 2.24) is 15.2 Å². The van der Waals surface area contributed by atoms with E-state index in [4.69, 9.17) is 5.26 Å². The number of rotatable bonds is 0. The maximum atomic E-state index is 8.59. The number of nitrogens with zero attached hydrogens (tertiary/aromatic N) is 4. The van der Waals surface area contributed by atoms with Crippen LogP contribution in [0.2, 0.25) is 0 Å². The van der Waals surface area contributed by atoms with Crippen molar-refractivity contribution in [3.63, 3.8) is 0 Å². The first-order valence-electron chi connectivity index (χ1n) is 2.87. The highest BCUT2D eigenvalue weighted by molar-refractivity contribution is 7.16. The zero-order valence-electron chi connectivity index (χ0n) is 5.35. The summed E-state index contributed by atoms with van der Waals surface area (Å²) in [4.78, 5) is 4.64. The summed E-state index contributed by atoms with van der Waals surface area (Å²) < 4.78 is 0. The smallest absolute Gasteiger partial charge is 0.166 e. The van der Waals surface area contributed by atoms with Crippen LogP contribution in [0.3, 0.4) is 0 Å². The predicted octanol–water partition coefficient (Wildman–Crippen LogP) is 0.958. The van der Waals surface area contributed by atoms with Gasteiger partial charge >= 0.3 is 0 Å². The zero-order valence-corrected chi connectivity index (χ0v) is 6.17. The van der Waals surface area contributed by atoms with E-state index in [1.54, 1.807) is 5.38 Å². The molecular weight excluding hydrogens is 160 g/mol. The molecular formula is C6H2N4S. The SMILES string of the molecule is N#Cc1csc2nncnc12. The van der Waals surface area contributed by atoms with Crippen LogP contribution in [0.15, 0.2) is 11.7 Å². The number of aromatic nitrogens is 3. The van der Waals surface area contributed by atoms with Gasteiger partial charge in [-0.05, 0) is 0 Å². The van der Waals surface area contributed by atoms with Crippen molar-refractivity contribution in [2.75, 3.05) is 0 Å². The maximum absolute atomic E-state index is 8.59. The van der Waals surface area contributed by atoms with Gasteiger partial charge in [0.05, 0.1) is 5.56 Å². The fraction of sp³-hybridized carbons (Fsp3) is 0. The summed E-state index contributed by atoms with van der Waals surface area (Å²) in [5, 5.41) is 17.7. The second kappa shape index (κ2) is 2.25. The highest BCUT2D eigenvalue weighted by atomic mass is 32.1. The lowest BCUT2D eigenvalue weighted by Gasteiger charge is -1.82. The second-order valence-corrected chi connectivity index (χ2v) is 2.73. The number of thiophene rings is 1. The highest BCUT2D eigenvalue weighted by Gasteiger charge is 2.03. The molecule has 5 heteroatoms. The molecule has 0 N–H and O–H groups in total. The quantitative estimate of drug-likeness (QED) is 0.578. The summed E-state index contributed by atoms with van der Waals surface area (Å²) in [5.41, 5.74) is 1.22. The van der Waals surface area contributed by atoms with Crippen molar-refractivity contribution in [1.29, 1.82) is 5.26 Å². The van der Waals surface area contributed by atoms with Gasteiger partial charge in [0.25, 0.3) is 0 Å². The summed E-state index contributed by atoms with van der Waals surface area (Å²) in [7, 11) is 0. The standard InChI is InChI=1S/C6H2N4S/c7-1-4-2-11-6-5(4)8-3-9-10-6/h2-3H. The van der Waals surface area contributed by atoms with Gasteiger partial charge in [0.1, 0.15) is 17.9 Å². The minimum absolute atomic E-state index is 0.569. The average molecular weight is 162 g/mol. The Bertz CT molecular complexity index is 427. The molecule has 0 radical (unpaired) electrons. The van der Waals surface area contributed by atoms with Crippen molar-refractivity contribution in [3.8, 4) is 6.07 Å². The van der Waals surface area contributed by atoms with Crippen LogP contribution in [0.4, 0.5) is 0 Å². The first kappa shape index (κ1) is 6.19. The Labute approximate surface area is 66.1 Å². The zero-order chi connectivity index (χ0) is 7.68. The molecule has 52 valence electrons. The Kier molecular flexibility index (Phi) is 1.27. The average Bonchev–Trinajstić information content (AvgIpc) is 2.47. The first-order chi connectivity index (χ1) is 5.42. The highest BCUT2D eigenvalue weighted by Crippen LogP contribution is 2.19. The normalized spacial score (nSPS) is 9.73. The third kappa shape index (κ3) is 0.843. The molecule has 0 saturated heterocycles. The summed E-state index contributed by atoms with van der Waals surface area (Å²) in [6, 6.07) is 2.03. The lowest BCUT2D eigenvalue weighted by atomic mass is 10.3. The van der Waals surface area contributed by atoms with Crippen LogP contribution in [0.5, 0.6) is 0 Å². The summed E-state index contributed by atoms with van der Waals surface area (Å²) in [5.74, 6) is 0. The van der Waals surface area contributed by atoms with E-state index in [1.807, 2.05) is 6.07 Å². The predicted molar refractivity (Wildman–Crippen MR) is 39.9 cm³/mol. The van der Waals surface area contributed by atoms with Gasteiger partial charge in [-0.1, -0.05) is 0 Å². The Morgan fingerprint density at radius 1 is 1.55 bits per heavy atom. The molecule has 2 aromatic rings. The molecule has 0 fully saturated rings. The van der Waals surface area contributed by atoms with E-state index >= 15 is 0 Å². The van der Waals surface area contributed by atoms with E-state index in [-0.39, 0.29) is 0 Å². The molecule has 2 heterocycles. The van der Waals surface area contributed by atoms with Gasteiger partial charge in [0, 0.05) is 5.38 Å². The van der Waals surface area contributed by atoms with Crippen molar-refractivity contribution >= 4 is 21.7 Å². The maximum Gasteiger partial charge on any atom is 0.166 e. The topological polar surface area (TPSA) is 62.5 Å². The second-order valence-electron chi connectivity index (χ2n) is 1.87. The summed E-state index contributed by atoms with van der Waals surface area (Å²) in [6.45, 7) is 0. The van der Waals surface area contributed by atoms with E-state index in [1.165, 1.54) is 17.7 Å². The third-order valence-corrected chi connectivity index (χ3v) is 2.11. The van der Waals surface area contributed by atoms with E-state index < -0.39 is 0 Å². The molecule has 4 nitrogen and oxygen atoms in total. The Morgan fingerprint density at radius 2 is 2.45 bits per heavy atom. The first-order valence-corrected chi connectivity index (χ1v) is 3.75. The largest absolute Gasteiger partial charge is 0.230 e. The molecule has 0 amide bonds. The van der Waals surface area contributed by atoms with Crippen molar-refractivity contribution < 1.29 is 0 Å². The lowest BCUT2D eigenvalue weighted by Crippen LogP contribution is -1.82. The Morgan fingerprint density at radius 3 is 3.27 bits per heavy atom. The molecule has 0 aliphatic carbocycles. The monoisotopic (exact) mass is 162 g/mol. The van der Waals surface area contributed by atoms with Crippen LogP contribution in [0.1, 0.15) is 5.56 Å². The molecule has 0 atom stereocenters. The number of hydrogen-bond acceptors (Lipinski definition) is 5. The molecule has 11 heavy (non-hydrogen) atoms. The third-order valence-electron chi connectivity index (χ3n) is 1.25. The fourth-order valence-corrected chi connectivity index (χ4v) is 1.54. The van der Waals surface area contributed by atoms with E-state index in [0.717, 1.165) is 0 Å². The van der Waals surface area contributed by atoms with Gasteiger partial charge in [-0.3, -0.25) is 0 Å².